The second-order valence-corrected chi connectivity index (χ2v) is 7.24. The molecule has 0 spiro atoms. The fourth-order valence-corrected chi connectivity index (χ4v) is 2.47. The van der Waals surface area contributed by atoms with Crippen LogP contribution in [0.4, 0.5) is 21.8 Å². The average Bonchev–Trinajstić information content (AvgIpc) is 2.57. The van der Waals surface area contributed by atoms with Crippen LogP contribution < -0.4 is 10.6 Å². The van der Waals surface area contributed by atoms with Crippen molar-refractivity contribution in [3.63, 3.8) is 0 Å². The van der Waals surface area contributed by atoms with E-state index >= 15 is 0 Å². The highest BCUT2D eigenvalue weighted by molar-refractivity contribution is 6.31. The van der Waals surface area contributed by atoms with Gasteiger partial charge < -0.3 is 10.6 Å². The van der Waals surface area contributed by atoms with Crippen molar-refractivity contribution in [1.82, 2.24) is 15.0 Å². The van der Waals surface area contributed by atoms with E-state index in [9.17, 15) is 4.39 Å². The third kappa shape index (κ3) is 4.67. The summed E-state index contributed by atoms with van der Waals surface area (Å²) in [6.45, 7) is 6.08. The van der Waals surface area contributed by atoms with Crippen LogP contribution in [-0.4, -0.2) is 20.5 Å². The molecule has 134 valence electrons. The molecule has 7 heteroatoms. The van der Waals surface area contributed by atoms with E-state index in [0.717, 1.165) is 11.3 Å². The second kappa shape index (κ2) is 7.25. The average molecular weight is 372 g/mol. The molecule has 0 amide bonds. The van der Waals surface area contributed by atoms with Crippen molar-refractivity contribution in [3.8, 4) is 11.3 Å². The lowest BCUT2D eigenvalue weighted by Crippen LogP contribution is -2.27. The zero-order chi connectivity index (χ0) is 18.7. The van der Waals surface area contributed by atoms with Gasteiger partial charge in [0.25, 0.3) is 0 Å². The summed E-state index contributed by atoms with van der Waals surface area (Å²) >= 11 is 5.86. The Balaban J connectivity index is 2.00. The molecule has 3 rings (SSSR count). The van der Waals surface area contributed by atoms with Crippen molar-refractivity contribution in [3.05, 3.63) is 59.6 Å². The largest absolute Gasteiger partial charge is 0.350 e. The molecule has 0 radical (unpaired) electrons. The third-order valence-corrected chi connectivity index (χ3v) is 3.65. The van der Waals surface area contributed by atoms with E-state index in [1.165, 1.54) is 12.1 Å². The lowest BCUT2D eigenvalue weighted by Gasteiger charge is -2.21. The molecule has 2 heterocycles. The molecule has 2 N–H and O–H groups in total. The predicted octanol–water partition coefficient (Wildman–Crippen LogP) is 5.29. The van der Waals surface area contributed by atoms with Gasteiger partial charge in [-0.2, -0.15) is 4.98 Å². The summed E-state index contributed by atoms with van der Waals surface area (Å²) in [6, 6.07) is 10.0. The number of nitrogens with zero attached hydrogens (tertiary/aromatic N) is 3. The highest BCUT2D eigenvalue weighted by Crippen LogP contribution is 2.26. The first-order chi connectivity index (χ1) is 12.3. The number of hydrogen-bond donors (Lipinski definition) is 2. The molecule has 0 atom stereocenters. The molecule has 0 aliphatic carbocycles. The topological polar surface area (TPSA) is 62.7 Å². The molecular formula is C19H19ClFN5. The fourth-order valence-electron chi connectivity index (χ4n) is 2.29. The minimum Gasteiger partial charge on any atom is -0.350 e. The van der Waals surface area contributed by atoms with Crippen LogP contribution in [0.3, 0.4) is 0 Å². The fraction of sp³-hybridized carbons (Fsp3) is 0.211. The SMILES string of the molecule is CC(C)(C)Nc1nc(Nc2ccc(F)c(Cl)c2)cc(-c2cccnc2)n1. The van der Waals surface area contributed by atoms with Crippen molar-refractivity contribution in [2.24, 2.45) is 0 Å². The number of nitrogens with one attached hydrogen (secondary N) is 2. The highest BCUT2D eigenvalue weighted by Gasteiger charge is 2.14. The van der Waals surface area contributed by atoms with Crippen molar-refractivity contribution >= 4 is 29.1 Å². The van der Waals surface area contributed by atoms with Crippen LogP contribution in [0.5, 0.6) is 0 Å². The molecule has 0 saturated carbocycles. The van der Waals surface area contributed by atoms with Crippen LogP contribution in [0, 0.1) is 5.82 Å². The van der Waals surface area contributed by atoms with Gasteiger partial charge in [0.05, 0.1) is 10.7 Å². The monoisotopic (exact) mass is 371 g/mol. The maximum atomic E-state index is 13.4. The molecule has 2 aromatic heterocycles. The first kappa shape index (κ1) is 18.1. The minimum atomic E-state index is -0.467. The molecule has 0 aliphatic rings. The molecule has 0 saturated heterocycles. The molecule has 0 aliphatic heterocycles. The highest BCUT2D eigenvalue weighted by atomic mass is 35.5. The van der Waals surface area contributed by atoms with Gasteiger partial charge in [-0.05, 0) is 51.1 Å². The number of pyridine rings is 1. The molecule has 5 nitrogen and oxygen atoms in total. The zero-order valence-corrected chi connectivity index (χ0v) is 15.5. The van der Waals surface area contributed by atoms with Gasteiger partial charge in [0.2, 0.25) is 5.95 Å². The first-order valence-electron chi connectivity index (χ1n) is 8.10. The molecule has 1 aromatic carbocycles. The number of aromatic nitrogens is 3. The number of benzene rings is 1. The Labute approximate surface area is 156 Å². The number of rotatable bonds is 4. The summed E-state index contributed by atoms with van der Waals surface area (Å²) in [4.78, 5) is 13.2. The molecule has 0 bridgehead atoms. The van der Waals surface area contributed by atoms with Gasteiger partial charge in [-0.25, -0.2) is 9.37 Å². The van der Waals surface area contributed by atoms with Crippen LogP contribution in [0.25, 0.3) is 11.3 Å². The van der Waals surface area contributed by atoms with Crippen LogP contribution in [0.1, 0.15) is 20.8 Å². The molecular weight excluding hydrogens is 353 g/mol. The normalized spacial score (nSPS) is 11.3. The van der Waals surface area contributed by atoms with Gasteiger partial charge in [0.1, 0.15) is 11.6 Å². The van der Waals surface area contributed by atoms with Crippen molar-refractivity contribution in [1.29, 1.82) is 0 Å². The van der Waals surface area contributed by atoms with E-state index in [1.807, 2.05) is 39.0 Å². The number of halogens is 2. The summed E-state index contributed by atoms with van der Waals surface area (Å²) in [5, 5.41) is 6.46. The van der Waals surface area contributed by atoms with Gasteiger partial charge in [0.15, 0.2) is 0 Å². The second-order valence-electron chi connectivity index (χ2n) is 6.83. The lowest BCUT2D eigenvalue weighted by molar-refractivity contribution is 0.626. The summed E-state index contributed by atoms with van der Waals surface area (Å²) < 4.78 is 13.4. The summed E-state index contributed by atoms with van der Waals surface area (Å²) in [6.07, 6.45) is 3.44. The van der Waals surface area contributed by atoms with Gasteiger partial charge in [0, 0.05) is 35.2 Å². The Morgan fingerprint density at radius 1 is 1.08 bits per heavy atom. The van der Waals surface area contributed by atoms with Gasteiger partial charge in [-0.15, -0.1) is 0 Å². The Morgan fingerprint density at radius 2 is 1.88 bits per heavy atom. The van der Waals surface area contributed by atoms with E-state index in [2.05, 4.69) is 25.6 Å². The van der Waals surface area contributed by atoms with Crippen LogP contribution >= 0.6 is 11.6 Å². The summed E-state index contributed by atoms with van der Waals surface area (Å²) in [5.74, 6) is 0.578. The molecule has 0 fully saturated rings. The Kier molecular flexibility index (Phi) is 5.04. The van der Waals surface area contributed by atoms with E-state index in [0.29, 0.717) is 17.5 Å². The predicted molar refractivity (Wildman–Crippen MR) is 103 cm³/mol. The maximum Gasteiger partial charge on any atom is 0.225 e. The Morgan fingerprint density at radius 3 is 2.54 bits per heavy atom. The van der Waals surface area contributed by atoms with E-state index in [1.54, 1.807) is 18.5 Å². The summed E-state index contributed by atoms with van der Waals surface area (Å²) in [7, 11) is 0. The van der Waals surface area contributed by atoms with Crippen LogP contribution in [-0.2, 0) is 0 Å². The Hall–Kier alpha value is -2.73. The van der Waals surface area contributed by atoms with Gasteiger partial charge >= 0.3 is 0 Å². The first-order valence-corrected chi connectivity index (χ1v) is 8.48. The van der Waals surface area contributed by atoms with E-state index < -0.39 is 5.82 Å². The minimum absolute atomic E-state index is 0.0459. The van der Waals surface area contributed by atoms with Crippen LogP contribution in [0.2, 0.25) is 5.02 Å². The number of anilines is 3. The molecule has 3 aromatic rings. The van der Waals surface area contributed by atoms with Gasteiger partial charge in [-0.3, -0.25) is 4.98 Å². The zero-order valence-electron chi connectivity index (χ0n) is 14.7. The number of hydrogen-bond acceptors (Lipinski definition) is 5. The smallest absolute Gasteiger partial charge is 0.225 e. The standard InChI is InChI=1S/C19H19ClFN5/c1-19(2,3)26-18-24-16(12-5-4-8-22-11-12)10-17(25-18)23-13-6-7-15(21)14(20)9-13/h4-11H,1-3H3,(H2,23,24,25,26). The van der Waals surface area contributed by atoms with E-state index in [-0.39, 0.29) is 10.6 Å². The van der Waals surface area contributed by atoms with Crippen molar-refractivity contribution < 1.29 is 4.39 Å². The van der Waals surface area contributed by atoms with Crippen molar-refractivity contribution in [2.45, 2.75) is 26.3 Å². The quantitative estimate of drug-likeness (QED) is 0.652. The lowest BCUT2D eigenvalue weighted by atomic mass is 10.1. The van der Waals surface area contributed by atoms with Crippen molar-refractivity contribution in [2.75, 3.05) is 10.6 Å². The molecule has 26 heavy (non-hydrogen) atoms. The van der Waals surface area contributed by atoms with E-state index in [4.69, 9.17) is 11.6 Å². The molecule has 0 unspecified atom stereocenters. The maximum absolute atomic E-state index is 13.4. The summed E-state index contributed by atoms with van der Waals surface area (Å²) in [5.41, 5.74) is 2.01. The Bertz CT molecular complexity index is 910. The van der Waals surface area contributed by atoms with Gasteiger partial charge in [-0.1, -0.05) is 11.6 Å². The van der Waals surface area contributed by atoms with Crippen LogP contribution in [0.15, 0.2) is 48.8 Å². The third-order valence-electron chi connectivity index (χ3n) is 3.36.